The van der Waals surface area contributed by atoms with Gasteiger partial charge in [-0.3, -0.25) is 9.59 Å². The Bertz CT molecular complexity index is 1110. The van der Waals surface area contributed by atoms with E-state index in [1.54, 1.807) is 37.4 Å². The fourth-order valence-corrected chi connectivity index (χ4v) is 3.81. The number of anilines is 2. The van der Waals surface area contributed by atoms with E-state index in [4.69, 9.17) is 20.2 Å². The van der Waals surface area contributed by atoms with Gasteiger partial charge in [-0.25, -0.2) is 4.98 Å². The monoisotopic (exact) mass is 434 g/mol. The molecule has 1 aliphatic heterocycles. The van der Waals surface area contributed by atoms with Crippen LogP contribution in [0.1, 0.15) is 12.8 Å². The number of primary amides is 1. The smallest absolute Gasteiger partial charge is 0.262 e. The van der Waals surface area contributed by atoms with Crippen LogP contribution in [0.25, 0.3) is 10.9 Å². The summed E-state index contributed by atoms with van der Waals surface area (Å²) < 4.78 is 10.9. The molecule has 166 valence electrons. The number of ether oxygens (including phenoxy) is 2. The Hall–Kier alpha value is -3.81. The van der Waals surface area contributed by atoms with Crippen molar-refractivity contribution in [2.45, 2.75) is 12.8 Å². The van der Waals surface area contributed by atoms with Gasteiger partial charge in [-0.05, 0) is 55.3 Å². The summed E-state index contributed by atoms with van der Waals surface area (Å²) in [5.41, 5.74) is 6.79. The Morgan fingerprint density at radius 1 is 1.09 bits per heavy atom. The molecule has 0 spiro atoms. The molecule has 0 radical (unpaired) electrons. The normalized spacial score (nSPS) is 14.2. The third kappa shape index (κ3) is 4.91. The van der Waals surface area contributed by atoms with Gasteiger partial charge in [-0.1, -0.05) is 12.1 Å². The van der Waals surface area contributed by atoms with E-state index >= 15 is 0 Å². The van der Waals surface area contributed by atoms with Gasteiger partial charge in [0, 0.05) is 30.1 Å². The second-order valence-electron chi connectivity index (χ2n) is 7.73. The summed E-state index contributed by atoms with van der Waals surface area (Å²) in [5, 5.41) is 3.73. The maximum Gasteiger partial charge on any atom is 0.262 e. The van der Waals surface area contributed by atoms with Crippen LogP contribution >= 0.6 is 0 Å². The molecule has 0 saturated carbocycles. The highest BCUT2D eigenvalue weighted by molar-refractivity contribution is 5.92. The molecule has 0 unspecified atom stereocenters. The lowest BCUT2D eigenvalue weighted by Gasteiger charge is -2.31. The van der Waals surface area contributed by atoms with Crippen LogP contribution in [0, 0.1) is 5.92 Å². The minimum Gasteiger partial charge on any atom is -0.497 e. The quantitative estimate of drug-likeness (QED) is 0.592. The van der Waals surface area contributed by atoms with E-state index in [1.807, 2.05) is 24.3 Å². The molecule has 2 aromatic carbocycles. The highest BCUT2D eigenvalue weighted by Gasteiger charge is 2.24. The van der Waals surface area contributed by atoms with Crippen LogP contribution in [0.15, 0.2) is 54.6 Å². The first-order chi connectivity index (χ1) is 15.5. The highest BCUT2D eigenvalue weighted by Crippen LogP contribution is 2.28. The molecule has 2 amide bonds. The molecule has 32 heavy (non-hydrogen) atoms. The summed E-state index contributed by atoms with van der Waals surface area (Å²) in [6.45, 7) is 1.31. The van der Waals surface area contributed by atoms with E-state index in [2.05, 4.69) is 10.2 Å². The summed E-state index contributed by atoms with van der Waals surface area (Å²) >= 11 is 0. The molecule has 1 aromatic heterocycles. The third-order valence-electron chi connectivity index (χ3n) is 5.62. The standard InChI is InChI=1S/C24H26N4O4/c1-31-19-8-6-18(7-9-19)26-22(29)15-32-20-4-2-3-16-5-10-21(27-23(16)20)28-13-11-17(12-14-28)24(25)30/h2-10,17H,11-15H2,1H3,(H2,25,30)(H,26,29). The van der Waals surface area contributed by atoms with Gasteiger partial charge in [-0.15, -0.1) is 0 Å². The highest BCUT2D eigenvalue weighted by atomic mass is 16.5. The number of fused-ring (bicyclic) bond motifs is 1. The minimum atomic E-state index is -0.267. The van der Waals surface area contributed by atoms with Gasteiger partial charge in [0.15, 0.2) is 6.61 Å². The lowest BCUT2D eigenvalue weighted by Crippen LogP contribution is -2.38. The van der Waals surface area contributed by atoms with E-state index in [9.17, 15) is 9.59 Å². The van der Waals surface area contributed by atoms with Crippen LogP contribution in [-0.2, 0) is 9.59 Å². The minimum absolute atomic E-state index is 0.0742. The maximum atomic E-state index is 12.3. The zero-order valence-electron chi connectivity index (χ0n) is 17.9. The predicted octanol–water partition coefficient (Wildman–Crippen LogP) is 2.96. The zero-order valence-corrected chi connectivity index (χ0v) is 17.9. The van der Waals surface area contributed by atoms with Crippen LogP contribution in [0.4, 0.5) is 11.5 Å². The number of carbonyl (C=O) groups is 2. The van der Waals surface area contributed by atoms with Crippen LogP contribution < -0.4 is 25.4 Å². The molecular formula is C24H26N4O4. The number of amides is 2. The lowest BCUT2D eigenvalue weighted by molar-refractivity contribution is -0.122. The van der Waals surface area contributed by atoms with E-state index in [0.29, 0.717) is 17.0 Å². The van der Waals surface area contributed by atoms with Crippen molar-refractivity contribution < 1.29 is 19.1 Å². The van der Waals surface area contributed by atoms with Gasteiger partial charge in [0.2, 0.25) is 5.91 Å². The van der Waals surface area contributed by atoms with Crippen molar-refractivity contribution in [3.8, 4) is 11.5 Å². The SMILES string of the molecule is COc1ccc(NC(=O)COc2cccc3ccc(N4CCC(C(N)=O)CC4)nc23)cc1. The van der Waals surface area contributed by atoms with Crippen LogP contribution in [0.3, 0.4) is 0 Å². The van der Waals surface area contributed by atoms with E-state index < -0.39 is 0 Å². The Labute approximate surface area is 186 Å². The average molecular weight is 434 g/mol. The van der Waals surface area contributed by atoms with Crippen LogP contribution in [0.5, 0.6) is 11.5 Å². The Morgan fingerprint density at radius 2 is 1.84 bits per heavy atom. The first kappa shape index (κ1) is 21.4. The molecule has 2 heterocycles. The van der Waals surface area contributed by atoms with E-state index in [1.165, 1.54) is 0 Å². The maximum absolute atomic E-state index is 12.3. The average Bonchev–Trinajstić information content (AvgIpc) is 2.83. The predicted molar refractivity (Wildman–Crippen MR) is 123 cm³/mol. The van der Waals surface area contributed by atoms with Crippen LogP contribution in [0.2, 0.25) is 0 Å². The second-order valence-corrected chi connectivity index (χ2v) is 7.73. The molecular weight excluding hydrogens is 408 g/mol. The molecule has 0 atom stereocenters. The lowest BCUT2D eigenvalue weighted by atomic mass is 9.96. The number of hydrogen-bond acceptors (Lipinski definition) is 6. The van der Waals surface area contributed by atoms with Crippen molar-refractivity contribution in [1.29, 1.82) is 0 Å². The van der Waals surface area contributed by atoms with E-state index in [-0.39, 0.29) is 24.3 Å². The molecule has 3 N–H and O–H groups in total. The van der Waals surface area contributed by atoms with E-state index in [0.717, 1.165) is 42.9 Å². The first-order valence-corrected chi connectivity index (χ1v) is 10.5. The number of methoxy groups -OCH3 is 1. The number of para-hydroxylation sites is 1. The number of pyridine rings is 1. The molecule has 4 rings (SSSR count). The van der Waals surface area contributed by atoms with Gasteiger partial charge in [-0.2, -0.15) is 0 Å². The molecule has 8 nitrogen and oxygen atoms in total. The summed E-state index contributed by atoms with van der Waals surface area (Å²) in [6.07, 6.45) is 1.44. The van der Waals surface area contributed by atoms with Gasteiger partial charge in [0.1, 0.15) is 22.8 Å². The number of rotatable bonds is 7. The van der Waals surface area contributed by atoms with Crippen molar-refractivity contribution >= 4 is 34.2 Å². The first-order valence-electron chi connectivity index (χ1n) is 10.5. The van der Waals surface area contributed by atoms with Gasteiger partial charge in [0.05, 0.1) is 7.11 Å². The number of nitrogens with two attached hydrogens (primary N) is 1. The topological polar surface area (TPSA) is 107 Å². The number of carbonyl (C=O) groups excluding carboxylic acids is 2. The second kappa shape index (κ2) is 9.55. The van der Waals surface area contributed by atoms with Crippen LogP contribution in [-0.4, -0.2) is 43.6 Å². The molecule has 1 fully saturated rings. The van der Waals surface area contributed by atoms with Crippen molar-refractivity contribution in [2.24, 2.45) is 11.7 Å². The summed E-state index contributed by atoms with van der Waals surface area (Å²) in [4.78, 5) is 30.7. The van der Waals surface area contributed by atoms with Crippen molar-refractivity contribution in [3.63, 3.8) is 0 Å². The Balaban J connectivity index is 1.43. The summed E-state index contributed by atoms with van der Waals surface area (Å²) in [5.74, 6) is 1.50. The largest absolute Gasteiger partial charge is 0.497 e. The fraction of sp³-hybridized carbons (Fsp3) is 0.292. The number of piperidine rings is 1. The van der Waals surface area contributed by atoms with Crippen molar-refractivity contribution in [2.75, 3.05) is 37.0 Å². The molecule has 1 aliphatic rings. The molecule has 8 heteroatoms. The van der Waals surface area contributed by atoms with Gasteiger partial charge >= 0.3 is 0 Å². The number of aromatic nitrogens is 1. The zero-order chi connectivity index (χ0) is 22.5. The third-order valence-corrected chi connectivity index (χ3v) is 5.62. The molecule has 0 aliphatic carbocycles. The Morgan fingerprint density at radius 3 is 2.53 bits per heavy atom. The molecule has 0 bridgehead atoms. The fourth-order valence-electron chi connectivity index (χ4n) is 3.81. The molecule has 1 saturated heterocycles. The summed E-state index contributed by atoms with van der Waals surface area (Å²) in [6, 6.07) is 16.7. The Kier molecular flexibility index (Phi) is 6.39. The van der Waals surface area contributed by atoms with Crippen molar-refractivity contribution in [3.05, 3.63) is 54.6 Å². The van der Waals surface area contributed by atoms with Crippen molar-refractivity contribution in [1.82, 2.24) is 4.98 Å². The van der Waals surface area contributed by atoms with Gasteiger partial charge in [0.25, 0.3) is 5.91 Å². The van der Waals surface area contributed by atoms with Gasteiger partial charge < -0.3 is 25.4 Å². The number of benzene rings is 2. The molecule has 3 aromatic rings. The number of nitrogens with zero attached hydrogens (tertiary/aromatic N) is 2. The number of nitrogens with one attached hydrogen (secondary N) is 1. The summed E-state index contributed by atoms with van der Waals surface area (Å²) in [7, 11) is 1.59. The number of hydrogen-bond donors (Lipinski definition) is 2.